The van der Waals surface area contributed by atoms with Crippen LogP contribution in [0.1, 0.15) is 5.56 Å². The predicted molar refractivity (Wildman–Crippen MR) is 97.6 cm³/mol. The van der Waals surface area contributed by atoms with Crippen LogP contribution in [0.2, 0.25) is 0 Å². The summed E-state index contributed by atoms with van der Waals surface area (Å²) in [5.74, 6) is 0.791. The molecule has 4 rings (SSSR count). The summed E-state index contributed by atoms with van der Waals surface area (Å²) in [7, 11) is 1.92. The molecule has 0 saturated carbocycles. The van der Waals surface area contributed by atoms with Gasteiger partial charge in [0.1, 0.15) is 0 Å². The van der Waals surface area contributed by atoms with E-state index >= 15 is 0 Å². The third kappa shape index (κ3) is 3.17. The summed E-state index contributed by atoms with van der Waals surface area (Å²) < 4.78 is 1.80. The Kier molecular flexibility index (Phi) is 4.05. The molecule has 25 heavy (non-hydrogen) atoms. The Morgan fingerprint density at radius 2 is 1.68 bits per heavy atom. The Bertz CT molecular complexity index is 851. The molecule has 128 valence electrons. The van der Waals surface area contributed by atoms with Crippen LogP contribution >= 0.6 is 0 Å². The van der Waals surface area contributed by atoms with E-state index in [4.69, 9.17) is 4.98 Å². The van der Waals surface area contributed by atoms with Crippen LogP contribution in [-0.2, 0) is 7.05 Å². The Balaban J connectivity index is 1.52. The van der Waals surface area contributed by atoms with Gasteiger partial charge in [-0.05, 0) is 24.6 Å². The lowest BCUT2D eigenvalue weighted by atomic mass is 10.1. The van der Waals surface area contributed by atoms with Crippen LogP contribution in [0.3, 0.4) is 0 Å². The molecule has 0 aromatic carbocycles. The number of aryl methyl sites for hydroxylation is 2. The number of piperazine rings is 1. The summed E-state index contributed by atoms with van der Waals surface area (Å²) in [6.07, 6.45) is 9.41. The highest BCUT2D eigenvalue weighted by molar-refractivity contribution is 5.62. The molecule has 0 bridgehead atoms. The van der Waals surface area contributed by atoms with Crippen LogP contribution in [0.4, 0.5) is 11.6 Å². The zero-order valence-corrected chi connectivity index (χ0v) is 14.5. The summed E-state index contributed by atoms with van der Waals surface area (Å²) in [4.78, 5) is 18.1. The fourth-order valence-electron chi connectivity index (χ4n) is 3.14. The average Bonchev–Trinajstić information content (AvgIpc) is 3.09. The number of nitrogens with zero attached hydrogens (tertiary/aromatic N) is 7. The number of aromatic nitrogens is 5. The van der Waals surface area contributed by atoms with Gasteiger partial charge in [0.2, 0.25) is 5.95 Å². The molecule has 0 N–H and O–H groups in total. The lowest BCUT2D eigenvalue weighted by Crippen LogP contribution is -2.47. The number of pyridine rings is 1. The topological polar surface area (TPSA) is 63.0 Å². The standard InChI is InChI=1S/C18H21N7/c1-14-11-20-18(22-17(14)15-12-21-23(2)13-15)25-9-7-24(8-10-25)16-3-5-19-6-4-16/h3-6,11-13H,7-10H2,1-2H3. The first-order chi connectivity index (χ1) is 12.2. The molecule has 0 radical (unpaired) electrons. The lowest BCUT2D eigenvalue weighted by molar-refractivity contribution is 0.640. The van der Waals surface area contributed by atoms with Crippen molar-refractivity contribution < 1.29 is 0 Å². The second kappa shape index (κ2) is 6.51. The van der Waals surface area contributed by atoms with Crippen molar-refractivity contribution in [1.29, 1.82) is 0 Å². The molecule has 1 fully saturated rings. The number of anilines is 2. The molecule has 3 aromatic heterocycles. The fraction of sp³-hybridized carbons (Fsp3) is 0.333. The molecule has 0 atom stereocenters. The first kappa shape index (κ1) is 15.6. The monoisotopic (exact) mass is 335 g/mol. The Labute approximate surface area is 147 Å². The van der Waals surface area contributed by atoms with E-state index in [0.717, 1.165) is 48.9 Å². The van der Waals surface area contributed by atoms with Crippen molar-refractivity contribution in [3.8, 4) is 11.3 Å². The maximum Gasteiger partial charge on any atom is 0.225 e. The van der Waals surface area contributed by atoms with Crippen LogP contribution in [0.25, 0.3) is 11.3 Å². The predicted octanol–water partition coefficient (Wildman–Crippen LogP) is 1.91. The van der Waals surface area contributed by atoms with Gasteiger partial charge in [-0.2, -0.15) is 5.10 Å². The summed E-state index contributed by atoms with van der Waals surface area (Å²) in [6, 6.07) is 4.11. The molecule has 4 heterocycles. The zero-order chi connectivity index (χ0) is 17.2. The summed E-state index contributed by atoms with van der Waals surface area (Å²) in [5.41, 5.74) is 4.26. The van der Waals surface area contributed by atoms with Crippen molar-refractivity contribution in [3.05, 3.63) is 48.7 Å². The van der Waals surface area contributed by atoms with Crippen molar-refractivity contribution in [2.24, 2.45) is 7.05 Å². The minimum atomic E-state index is 0.791. The molecular formula is C18H21N7. The van der Waals surface area contributed by atoms with E-state index in [1.165, 1.54) is 5.69 Å². The molecule has 3 aromatic rings. The fourth-order valence-corrected chi connectivity index (χ4v) is 3.14. The van der Waals surface area contributed by atoms with Crippen LogP contribution < -0.4 is 9.80 Å². The molecule has 0 aliphatic carbocycles. The molecule has 0 unspecified atom stereocenters. The largest absolute Gasteiger partial charge is 0.368 e. The minimum absolute atomic E-state index is 0.791. The normalized spacial score (nSPS) is 14.8. The van der Waals surface area contributed by atoms with Crippen LogP contribution in [0.5, 0.6) is 0 Å². The second-order valence-corrected chi connectivity index (χ2v) is 6.28. The van der Waals surface area contributed by atoms with Gasteiger partial charge in [0.05, 0.1) is 11.9 Å². The molecule has 7 heteroatoms. The van der Waals surface area contributed by atoms with E-state index in [0.29, 0.717) is 0 Å². The molecule has 0 amide bonds. The van der Waals surface area contributed by atoms with Crippen LogP contribution in [0, 0.1) is 6.92 Å². The van der Waals surface area contributed by atoms with Gasteiger partial charge in [0.25, 0.3) is 0 Å². The highest BCUT2D eigenvalue weighted by atomic mass is 15.3. The van der Waals surface area contributed by atoms with E-state index in [9.17, 15) is 0 Å². The molecule has 1 saturated heterocycles. The first-order valence-electron chi connectivity index (χ1n) is 8.43. The number of hydrogen-bond acceptors (Lipinski definition) is 6. The molecule has 1 aliphatic heterocycles. The van der Waals surface area contributed by atoms with Gasteiger partial charge < -0.3 is 9.80 Å². The van der Waals surface area contributed by atoms with Crippen molar-refractivity contribution in [2.45, 2.75) is 6.92 Å². The summed E-state index contributed by atoms with van der Waals surface area (Å²) in [6.45, 7) is 5.73. The summed E-state index contributed by atoms with van der Waals surface area (Å²) >= 11 is 0. The Morgan fingerprint density at radius 3 is 2.36 bits per heavy atom. The van der Waals surface area contributed by atoms with Crippen molar-refractivity contribution in [2.75, 3.05) is 36.0 Å². The van der Waals surface area contributed by atoms with E-state index in [-0.39, 0.29) is 0 Å². The zero-order valence-electron chi connectivity index (χ0n) is 14.5. The maximum absolute atomic E-state index is 4.81. The lowest BCUT2D eigenvalue weighted by Gasteiger charge is -2.36. The van der Waals surface area contributed by atoms with Gasteiger partial charge in [-0.25, -0.2) is 9.97 Å². The van der Waals surface area contributed by atoms with Gasteiger partial charge in [0.15, 0.2) is 0 Å². The third-order valence-electron chi connectivity index (χ3n) is 4.53. The van der Waals surface area contributed by atoms with Gasteiger partial charge >= 0.3 is 0 Å². The maximum atomic E-state index is 4.81. The molecule has 7 nitrogen and oxygen atoms in total. The van der Waals surface area contributed by atoms with Gasteiger partial charge in [-0.3, -0.25) is 9.67 Å². The quantitative estimate of drug-likeness (QED) is 0.728. The Morgan fingerprint density at radius 1 is 0.960 bits per heavy atom. The second-order valence-electron chi connectivity index (χ2n) is 6.28. The highest BCUT2D eigenvalue weighted by Crippen LogP contribution is 2.23. The van der Waals surface area contributed by atoms with Crippen molar-refractivity contribution >= 4 is 11.6 Å². The van der Waals surface area contributed by atoms with Gasteiger partial charge in [0, 0.05) is 69.3 Å². The Hall–Kier alpha value is -2.96. The number of hydrogen-bond donors (Lipinski definition) is 0. The van der Waals surface area contributed by atoms with Crippen molar-refractivity contribution in [1.82, 2.24) is 24.7 Å². The molecule has 0 spiro atoms. The smallest absolute Gasteiger partial charge is 0.225 e. The van der Waals surface area contributed by atoms with E-state index in [1.54, 1.807) is 4.68 Å². The van der Waals surface area contributed by atoms with E-state index in [1.807, 2.05) is 45.0 Å². The van der Waals surface area contributed by atoms with Crippen LogP contribution in [-0.4, -0.2) is 50.9 Å². The van der Waals surface area contributed by atoms with Gasteiger partial charge in [-0.15, -0.1) is 0 Å². The van der Waals surface area contributed by atoms with Crippen LogP contribution in [0.15, 0.2) is 43.1 Å². The van der Waals surface area contributed by atoms with Crippen molar-refractivity contribution in [3.63, 3.8) is 0 Å². The SMILES string of the molecule is Cc1cnc(N2CCN(c3ccncc3)CC2)nc1-c1cnn(C)c1. The van der Waals surface area contributed by atoms with E-state index in [2.05, 4.69) is 37.0 Å². The first-order valence-corrected chi connectivity index (χ1v) is 8.43. The third-order valence-corrected chi connectivity index (χ3v) is 4.53. The number of rotatable bonds is 3. The van der Waals surface area contributed by atoms with E-state index < -0.39 is 0 Å². The average molecular weight is 335 g/mol. The van der Waals surface area contributed by atoms with Gasteiger partial charge in [-0.1, -0.05) is 0 Å². The summed E-state index contributed by atoms with van der Waals surface area (Å²) in [5, 5.41) is 4.25. The highest BCUT2D eigenvalue weighted by Gasteiger charge is 2.20. The minimum Gasteiger partial charge on any atom is -0.368 e. The molecule has 1 aliphatic rings. The molecular weight excluding hydrogens is 314 g/mol.